The Morgan fingerprint density at radius 3 is 2.81 bits per heavy atom. The molecule has 0 spiro atoms. The van der Waals surface area contributed by atoms with Crippen molar-refractivity contribution in [3.05, 3.63) is 30.3 Å². The third-order valence-corrected chi connectivity index (χ3v) is 4.72. The van der Waals surface area contributed by atoms with Gasteiger partial charge in [-0.2, -0.15) is 4.98 Å². The van der Waals surface area contributed by atoms with E-state index in [1.807, 2.05) is 12.1 Å². The zero-order chi connectivity index (χ0) is 18.5. The van der Waals surface area contributed by atoms with Crippen LogP contribution >= 0.6 is 0 Å². The van der Waals surface area contributed by atoms with Crippen LogP contribution in [0.1, 0.15) is 12.8 Å². The average Bonchev–Trinajstić information content (AvgIpc) is 2.72. The van der Waals surface area contributed by atoms with Gasteiger partial charge in [-0.05, 0) is 31.5 Å². The summed E-state index contributed by atoms with van der Waals surface area (Å²) in [6.45, 7) is 4.93. The number of aromatic nitrogens is 3. The first-order valence-electron chi connectivity index (χ1n) is 9.33. The Bertz CT molecular complexity index is 746. The van der Waals surface area contributed by atoms with Crippen molar-refractivity contribution in [1.82, 2.24) is 20.3 Å². The lowest BCUT2D eigenvalue weighted by atomic mass is 10.1. The van der Waals surface area contributed by atoms with E-state index in [4.69, 9.17) is 4.74 Å². The lowest BCUT2D eigenvalue weighted by Gasteiger charge is -2.27. The summed E-state index contributed by atoms with van der Waals surface area (Å²) in [5.41, 5.74) is 0.754. The summed E-state index contributed by atoms with van der Waals surface area (Å²) in [4.78, 5) is 15.0. The van der Waals surface area contributed by atoms with E-state index >= 15 is 0 Å². The van der Waals surface area contributed by atoms with Crippen LogP contribution in [0.25, 0.3) is 0 Å². The number of rotatable bonds is 5. The van der Waals surface area contributed by atoms with Gasteiger partial charge in [0.25, 0.3) is 0 Å². The highest BCUT2D eigenvalue weighted by molar-refractivity contribution is 5.56. The number of ether oxygens (including phenoxy) is 1. The summed E-state index contributed by atoms with van der Waals surface area (Å²) in [7, 11) is 0. The van der Waals surface area contributed by atoms with Crippen LogP contribution in [-0.2, 0) is 4.74 Å². The Kier molecular flexibility index (Phi) is 5.59. The third kappa shape index (κ3) is 4.61. The van der Waals surface area contributed by atoms with Gasteiger partial charge in [-0.15, -0.1) is 0 Å². The van der Waals surface area contributed by atoms with Gasteiger partial charge in [-0.25, -0.2) is 14.4 Å². The topological polar surface area (TPSA) is 87.2 Å². The van der Waals surface area contributed by atoms with Gasteiger partial charge in [0.2, 0.25) is 5.95 Å². The number of nitrogens with one attached hydrogen (secondary N) is 3. The predicted molar refractivity (Wildman–Crippen MR) is 102 cm³/mol. The summed E-state index contributed by atoms with van der Waals surface area (Å²) in [5, 5.41) is 9.55. The highest BCUT2D eigenvalue weighted by Crippen LogP contribution is 2.20. The molecule has 9 heteroatoms. The average molecular weight is 373 g/mol. The van der Waals surface area contributed by atoms with Crippen LogP contribution < -0.4 is 20.9 Å². The lowest BCUT2D eigenvalue weighted by Crippen LogP contribution is -2.38. The molecule has 4 heterocycles. The first-order valence-corrected chi connectivity index (χ1v) is 9.33. The summed E-state index contributed by atoms with van der Waals surface area (Å²) in [6.07, 6.45) is 4.97. The maximum atomic E-state index is 14.1. The molecule has 144 valence electrons. The van der Waals surface area contributed by atoms with E-state index in [2.05, 4.69) is 35.8 Å². The van der Waals surface area contributed by atoms with Crippen molar-refractivity contribution in [2.75, 3.05) is 54.9 Å². The SMILES string of the molecule is Fc1cnc(Nc2ccc(N3CCOCC3)nc2)nc1NC1CCCNC1. The minimum absolute atomic E-state index is 0.172. The van der Waals surface area contributed by atoms with Crippen LogP contribution in [0.15, 0.2) is 24.5 Å². The van der Waals surface area contributed by atoms with Crippen molar-refractivity contribution in [3.63, 3.8) is 0 Å². The van der Waals surface area contributed by atoms with Gasteiger partial charge in [0.1, 0.15) is 5.82 Å². The number of morpholine rings is 1. The molecule has 2 aromatic heterocycles. The first kappa shape index (κ1) is 17.9. The summed E-state index contributed by atoms with van der Waals surface area (Å²) < 4.78 is 19.4. The van der Waals surface area contributed by atoms with Crippen molar-refractivity contribution in [2.24, 2.45) is 0 Å². The first-order chi connectivity index (χ1) is 13.3. The van der Waals surface area contributed by atoms with Crippen molar-refractivity contribution in [2.45, 2.75) is 18.9 Å². The summed E-state index contributed by atoms with van der Waals surface area (Å²) >= 11 is 0. The fourth-order valence-corrected chi connectivity index (χ4v) is 3.27. The molecule has 2 fully saturated rings. The van der Waals surface area contributed by atoms with Gasteiger partial charge in [-0.1, -0.05) is 0 Å². The van der Waals surface area contributed by atoms with Crippen LogP contribution in [0.3, 0.4) is 0 Å². The zero-order valence-electron chi connectivity index (χ0n) is 15.1. The van der Waals surface area contributed by atoms with E-state index in [1.54, 1.807) is 6.20 Å². The van der Waals surface area contributed by atoms with Crippen molar-refractivity contribution in [3.8, 4) is 0 Å². The molecule has 2 saturated heterocycles. The van der Waals surface area contributed by atoms with Crippen LogP contribution in [0, 0.1) is 5.82 Å². The monoisotopic (exact) mass is 373 g/mol. The van der Waals surface area contributed by atoms with Gasteiger partial charge in [0.05, 0.1) is 31.3 Å². The maximum absolute atomic E-state index is 14.1. The number of nitrogens with zero attached hydrogens (tertiary/aromatic N) is 4. The van der Waals surface area contributed by atoms with E-state index < -0.39 is 5.82 Å². The fraction of sp³-hybridized carbons (Fsp3) is 0.500. The third-order valence-electron chi connectivity index (χ3n) is 4.72. The normalized spacial score (nSPS) is 20.3. The molecule has 0 bridgehead atoms. The van der Waals surface area contributed by atoms with Crippen molar-refractivity contribution < 1.29 is 9.13 Å². The minimum atomic E-state index is -0.452. The Morgan fingerprint density at radius 1 is 1.19 bits per heavy atom. The standard InChI is InChI=1S/C18H24FN7O/c19-15-12-22-18(25-17(15)23-13-2-1-5-20-10-13)24-14-3-4-16(21-11-14)26-6-8-27-9-7-26/h3-4,11-13,20H,1-2,5-10H2,(H2,22,23,24,25). The highest BCUT2D eigenvalue weighted by Gasteiger charge is 2.16. The molecule has 0 aromatic carbocycles. The van der Waals surface area contributed by atoms with E-state index in [0.29, 0.717) is 5.95 Å². The Labute approximate surface area is 157 Å². The van der Waals surface area contributed by atoms with Crippen LogP contribution in [0.2, 0.25) is 0 Å². The summed E-state index contributed by atoms with van der Waals surface area (Å²) in [6, 6.07) is 4.04. The second-order valence-corrected chi connectivity index (χ2v) is 6.71. The Morgan fingerprint density at radius 2 is 2.07 bits per heavy atom. The van der Waals surface area contributed by atoms with Gasteiger partial charge >= 0.3 is 0 Å². The fourth-order valence-electron chi connectivity index (χ4n) is 3.27. The summed E-state index contributed by atoms with van der Waals surface area (Å²) in [5.74, 6) is 1.02. The molecule has 0 aliphatic carbocycles. The molecule has 0 radical (unpaired) electrons. The molecule has 0 amide bonds. The van der Waals surface area contributed by atoms with E-state index in [0.717, 1.165) is 63.7 Å². The van der Waals surface area contributed by atoms with Gasteiger partial charge in [-0.3, -0.25) is 0 Å². The van der Waals surface area contributed by atoms with E-state index in [1.165, 1.54) is 6.20 Å². The quantitative estimate of drug-likeness (QED) is 0.731. The van der Waals surface area contributed by atoms with E-state index in [-0.39, 0.29) is 11.9 Å². The van der Waals surface area contributed by atoms with Crippen LogP contribution in [-0.4, -0.2) is 60.4 Å². The van der Waals surface area contributed by atoms with Gasteiger partial charge in [0.15, 0.2) is 11.6 Å². The molecule has 1 atom stereocenters. The number of pyridine rings is 1. The molecule has 3 N–H and O–H groups in total. The zero-order valence-corrected chi connectivity index (χ0v) is 15.1. The molecule has 1 unspecified atom stereocenters. The number of piperidine rings is 1. The smallest absolute Gasteiger partial charge is 0.229 e. The molecular weight excluding hydrogens is 349 g/mol. The molecule has 4 rings (SSSR count). The molecule has 0 saturated carbocycles. The van der Waals surface area contributed by atoms with Gasteiger partial charge < -0.3 is 25.6 Å². The number of halogens is 1. The predicted octanol–water partition coefficient (Wildman–Crippen LogP) is 1.75. The molecule has 2 aliphatic heterocycles. The Balaban J connectivity index is 1.41. The second kappa shape index (κ2) is 8.45. The van der Waals surface area contributed by atoms with Gasteiger partial charge in [0, 0.05) is 25.7 Å². The molecule has 2 aliphatic rings. The maximum Gasteiger partial charge on any atom is 0.229 e. The highest BCUT2D eigenvalue weighted by atomic mass is 19.1. The molecular formula is C18H24FN7O. The Hall–Kier alpha value is -2.52. The van der Waals surface area contributed by atoms with E-state index in [9.17, 15) is 4.39 Å². The van der Waals surface area contributed by atoms with Crippen LogP contribution in [0.4, 0.5) is 27.7 Å². The van der Waals surface area contributed by atoms with Crippen LogP contribution in [0.5, 0.6) is 0 Å². The molecule has 27 heavy (non-hydrogen) atoms. The number of anilines is 4. The lowest BCUT2D eigenvalue weighted by molar-refractivity contribution is 0.122. The largest absolute Gasteiger partial charge is 0.378 e. The van der Waals surface area contributed by atoms with Crippen molar-refractivity contribution >= 4 is 23.3 Å². The molecule has 8 nitrogen and oxygen atoms in total. The molecule has 2 aromatic rings. The minimum Gasteiger partial charge on any atom is -0.378 e. The number of hydrogen-bond donors (Lipinski definition) is 3. The number of hydrogen-bond acceptors (Lipinski definition) is 8. The van der Waals surface area contributed by atoms with Crippen molar-refractivity contribution in [1.29, 1.82) is 0 Å². The second-order valence-electron chi connectivity index (χ2n) is 6.71.